The molecular weight excluding hydrogens is 244 g/mol. The van der Waals surface area contributed by atoms with E-state index in [-0.39, 0.29) is 12.4 Å². The minimum Gasteiger partial charge on any atom is -0.316 e. The second-order valence-corrected chi connectivity index (χ2v) is 5.20. The van der Waals surface area contributed by atoms with Crippen molar-refractivity contribution in [2.45, 2.75) is 31.7 Å². The second kappa shape index (κ2) is 7.78. The lowest BCUT2D eigenvalue weighted by Crippen LogP contribution is -2.45. The van der Waals surface area contributed by atoms with Crippen LogP contribution in [0.5, 0.6) is 0 Å². The van der Waals surface area contributed by atoms with Crippen LogP contribution >= 0.6 is 12.4 Å². The number of rotatable bonds is 4. The van der Waals surface area contributed by atoms with Crippen molar-refractivity contribution >= 4 is 12.4 Å². The summed E-state index contributed by atoms with van der Waals surface area (Å²) in [5.74, 6) is 0.631. The largest absolute Gasteiger partial charge is 0.316 e. The van der Waals surface area contributed by atoms with E-state index >= 15 is 0 Å². The predicted octanol–water partition coefficient (Wildman–Crippen LogP) is 2.90. The fourth-order valence-electron chi connectivity index (χ4n) is 2.73. The molecule has 1 aromatic carbocycles. The van der Waals surface area contributed by atoms with Gasteiger partial charge in [0, 0.05) is 19.1 Å². The molecule has 1 heterocycles. The SMILES string of the molecule is CNC1CCCN(CC(C)c2ccccc2)C1.Cl. The first-order valence-electron chi connectivity index (χ1n) is 6.74. The van der Waals surface area contributed by atoms with Gasteiger partial charge >= 0.3 is 0 Å². The second-order valence-electron chi connectivity index (χ2n) is 5.20. The Morgan fingerprint density at radius 3 is 2.72 bits per heavy atom. The Hall–Kier alpha value is -0.570. The summed E-state index contributed by atoms with van der Waals surface area (Å²) in [6.07, 6.45) is 2.65. The van der Waals surface area contributed by atoms with E-state index in [0.29, 0.717) is 12.0 Å². The van der Waals surface area contributed by atoms with Crippen molar-refractivity contribution in [3.8, 4) is 0 Å². The number of benzene rings is 1. The van der Waals surface area contributed by atoms with Gasteiger partial charge in [0.2, 0.25) is 0 Å². The highest BCUT2D eigenvalue weighted by Crippen LogP contribution is 2.18. The minimum absolute atomic E-state index is 0. The highest BCUT2D eigenvalue weighted by Gasteiger charge is 2.20. The summed E-state index contributed by atoms with van der Waals surface area (Å²) in [4.78, 5) is 2.60. The van der Waals surface area contributed by atoms with Crippen LogP contribution in [0, 0.1) is 0 Å². The molecule has 1 saturated heterocycles. The number of piperidine rings is 1. The Bertz CT molecular complexity index is 329. The number of hydrogen-bond donors (Lipinski definition) is 1. The molecule has 1 aromatic rings. The topological polar surface area (TPSA) is 15.3 Å². The number of nitrogens with one attached hydrogen (secondary N) is 1. The molecule has 2 atom stereocenters. The van der Waals surface area contributed by atoms with Crippen LogP contribution in [-0.2, 0) is 0 Å². The van der Waals surface area contributed by atoms with Crippen molar-refractivity contribution in [1.29, 1.82) is 0 Å². The summed E-state index contributed by atoms with van der Waals surface area (Å²) in [6.45, 7) is 5.98. The van der Waals surface area contributed by atoms with Crippen molar-refractivity contribution in [3.63, 3.8) is 0 Å². The van der Waals surface area contributed by atoms with Gasteiger partial charge in [-0.15, -0.1) is 12.4 Å². The molecule has 0 amide bonds. The number of likely N-dealkylation sites (N-methyl/N-ethyl adjacent to an activating group) is 1. The van der Waals surface area contributed by atoms with E-state index in [4.69, 9.17) is 0 Å². The molecule has 1 aliphatic rings. The van der Waals surface area contributed by atoms with Gasteiger partial charge in [-0.1, -0.05) is 37.3 Å². The monoisotopic (exact) mass is 268 g/mol. The number of hydrogen-bond acceptors (Lipinski definition) is 2. The van der Waals surface area contributed by atoms with Gasteiger partial charge in [0.05, 0.1) is 0 Å². The molecule has 1 N–H and O–H groups in total. The fraction of sp³-hybridized carbons (Fsp3) is 0.600. The Labute approximate surface area is 117 Å². The van der Waals surface area contributed by atoms with Gasteiger partial charge in [-0.05, 0) is 37.9 Å². The van der Waals surface area contributed by atoms with Crippen LogP contribution in [0.25, 0.3) is 0 Å². The van der Waals surface area contributed by atoms with Crippen molar-refractivity contribution in [1.82, 2.24) is 10.2 Å². The summed E-state index contributed by atoms with van der Waals surface area (Å²) in [6, 6.07) is 11.5. The molecule has 1 aliphatic heterocycles. The fourth-order valence-corrected chi connectivity index (χ4v) is 2.73. The highest BCUT2D eigenvalue weighted by molar-refractivity contribution is 5.85. The van der Waals surface area contributed by atoms with Crippen LogP contribution in [0.2, 0.25) is 0 Å². The van der Waals surface area contributed by atoms with Crippen LogP contribution < -0.4 is 5.32 Å². The quantitative estimate of drug-likeness (QED) is 0.903. The molecule has 18 heavy (non-hydrogen) atoms. The van der Waals surface area contributed by atoms with Gasteiger partial charge < -0.3 is 10.2 Å². The van der Waals surface area contributed by atoms with E-state index in [1.807, 2.05) is 0 Å². The van der Waals surface area contributed by atoms with E-state index in [2.05, 4.69) is 54.5 Å². The minimum atomic E-state index is 0. The molecule has 2 unspecified atom stereocenters. The average Bonchev–Trinajstić information content (AvgIpc) is 2.40. The summed E-state index contributed by atoms with van der Waals surface area (Å²) in [5.41, 5.74) is 1.46. The molecular formula is C15H25ClN2. The van der Waals surface area contributed by atoms with Crippen molar-refractivity contribution in [2.75, 3.05) is 26.7 Å². The van der Waals surface area contributed by atoms with Gasteiger partial charge in [-0.3, -0.25) is 0 Å². The smallest absolute Gasteiger partial charge is 0.0192 e. The number of likely N-dealkylation sites (tertiary alicyclic amines) is 1. The zero-order chi connectivity index (χ0) is 12.1. The van der Waals surface area contributed by atoms with Gasteiger partial charge in [0.25, 0.3) is 0 Å². The Kier molecular flexibility index (Phi) is 6.69. The van der Waals surface area contributed by atoms with Crippen molar-refractivity contribution in [2.24, 2.45) is 0 Å². The van der Waals surface area contributed by atoms with Gasteiger partial charge in [-0.25, -0.2) is 0 Å². The van der Waals surface area contributed by atoms with E-state index in [1.165, 1.54) is 38.0 Å². The Balaban J connectivity index is 0.00000162. The maximum absolute atomic E-state index is 3.41. The van der Waals surface area contributed by atoms with Gasteiger partial charge in [0.15, 0.2) is 0 Å². The van der Waals surface area contributed by atoms with E-state index in [0.717, 1.165) is 0 Å². The average molecular weight is 269 g/mol. The molecule has 0 aliphatic carbocycles. The van der Waals surface area contributed by atoms with Crippen molar-refractivity contribution < 1.29 is 0 Å². The number of nitrogens with zero attached hydrogens (tertiary/aromatic N) is 1. The zero-order valence-electron chi connectivity index (χ0n) is 11.4. The molecule has 0 bridgehead atoms. The standard InChI is InChI=1S/C15H24N2.ClH/c1-13(14-7-4-3-5-8-14)11-17-10-6-9-15(12-17)16-2;/h3-5,7-8,13,15-16H,6,9-12H2,1-2H3;1H. The maximum Gasteiger partial charge on any atom is 0.0192 e. The first kappa shape index (κ1) is 15.5. The van der Waals surface area contributed by atoms with Crippen LogP contribution in [-0.4, -0.2) is 37.6 Å². The van der Waals surface area contributed by atoms with E-state index < -0.39 is 0 Å². The summed E-state index contributed by atoms with van der Waals surface area (Å²) < 4.78 is 0. The molecule has 0 spiro atoms. The van der Waals surface area contributed by atoms with Crippen LogP contribution in [0.4, 0.5) is 0 Å². The summed E-state index contributed by atoms with van der Waals surface area (Å²) >= 11 is 0. The molecule has 0 aromatic heterocycles. The van der Waals surface area contributed by atoms with Crippen LogP contribution in [0.1, 0.15) is 31.2 Å². The Morgan fingerprint density at radius 2 is 2.06 bits per heavy atom. The molecule has 102 valence electrons. The van der Waals surface area contributed by atoms with Gasteiger partial charge in [0.1, 0.15) is 0 Å². The summed E-state index contributed by atoms with van der Waals surface area (Å²) in [5, 5.41) is 3.41. The van der Waals surface area contributed by atoms with Crippen molar-refractivity contribution in [3.05, 3.63) is 35.9 Å². The normalized spacial score (nSPS) is 22.2. The molecule has 2 rings (SSSR count). The lowest BCUT2D eigenvalue weighted by atomic mass is 9.98. The third kappa shape index (κ3) is 4.27. The summed E-state index contributed by atoms with van der Waals surface area (Å²) in [7, 11) is 2.08. The molecule has 3 heteroatoms. The molecule has 1 fully saturated rings. The Morgan fingerprint density at radius 1 is 1.33 bits per heavy atom. The molecule has 0 radical (unpaired) electrons. The third-order valence-corrected chi connectivity index (χ3v) is 3.81. The zero-order valence-corrected chi connectivity index (χ0v) is 12.2. The molecule has 2 nitrogen and oxygen atoms in total. The molecule has 0 saturated carbocycles. The third-order valence-electron chi connectivity index (χ3n) is 3.81. The van der Waals surface area contributed by atoms with Gasteiger partial charge in [-0.2, -0.15) is 0 Å². The van der Waals surface area contributed by atoms with Crippen LogP contribution in [0.15, 0.2) is 30.3 Å². The van der Waals surface area contributed by atoms with E-state index in [1.54, 1.807) is 0 Å². The first-order valence-corrected chi connectivity index (χ1v) is 6.74. The van der Waals surface area contributed by atoms with E-state index in [9.17, 15) is 0 Å². The lowest BCUT2D eigenvalue weighted by Gasteiger charge is -2.34. The lowest BCUT2D eigenvalue weighted by molar-refractivity contribution is 0.187. The maximum atomic E-state index is 3.41. The van der Waals surface area contributed by atoms with Crippen LogP contribution in [0.3, 0.4) is 0 Å². The number of halogens is 1. The predicted molar refractivity (Wildman–Crippen MR) is 80.6 cm³/mol. The first-order chi connectivity index (χ1) is 8.29. The highest BCUT2D eigenvalue weighted by atomic mass is 35.5.